The molecule has 3 N–H and O–H groups in total. The van der Waals surface area contributed by atoms with E-state index in [1.807, 2.05) is 31.3 Å². The highest BCUT2D eigenvalue weighted by molar-refractivity contribution is 5.92. The lowest BCUT2D eigenvalue weighted by Gasteiger charge is -2.25. The molecule has 1 aromatic carbocycles. The Morgan fingerprint density at radius 2 is 1.95 bits per heavy atom. The minimum Gasteiger partial charge on any atom is -0.326 e. The second kappa shape index (κ2) is 7.92. The Kier molecular flexibility index (Phi) is 6.53. The maximum absolute atomic E-state index is 12.0. The third-order valence-corrected chi connectivity index (χ3v) is 3.47. The van der Waals surface area contributed by atoms with Gasteiger partial charge in [0.1, 0.15) is 0 Å². The van der Waals surface area contributed by atoms with Crippen LogP contribution in [-0.2, 0) is 11.3 Å². The molecule has 1 rings (SSSR count). The smallest absolute Gasteiger partial charge is 0.238 e. The third-order valence-electron chi connectivity index (χ3n) is 3.47. The zero-order valence-electron chi connectivity index (χ0n) is 12.1. The lowest BCUT2D eigenvalue weighted by atomic mass is 10.1. The van der Waals surface area contributed by atoms with E-state index < -0.39 is 0 Å². The van der Waals surface area contributed by atoms with E-state index in [0.29, 0.717) is 19.1 Å². The number of nitrogens with zero attached hydrogens (tertiary/aromatic N) is 1. The number of hydrogen-bond acceptors (Lipinski definition) is 3. The van der Waals surface area contributed by atoms with Crippen molar-refractivity contribution in [2.24, 2.45) is 5.73 Å². The van der Waals surface area contributed by atoms with Gasteiger partial charge >= 0.3 is 0 Å². The van der Waals surface area contributed by atoms with Crippen LogP contribution in [0.5, 0.6) is 0 Å². The fourth-order valence-electron chi connectivity index (χ4n) is 2.28. The van der Waals surface area contributed by atoms with Gasteiger partial charge in [-0.25, -0.2) is 0 Å². The largest absolute Gasteiger partial charge is 0.326 e. The lowest BCUT2D eigenvalue weighted by molar-refractivity contribution is -0.117. The fraction of sp³-hybridized carbons (Fsp3) is 0.533. The van der Waals surface area contributed by atoms with Crippen molar-refractivity contribution in [1.29, 1.82) is 0 Å². The molecule has 0 unspecified atom stereocenters. The average Bonchev–Trinajstić information content (AvgIpc) is 2.40. The molecule has 4 nitrogen and oxygen atoms in total. The summed E-state index contributed by atoms with van der Waals surface area (Å²) in [7, 11) is 1.99. The van der Waals surface area contributed by atoms with Crippen LogP contribution in [-0.4, -0.2) is 30.4 Å². The molecule has 106 valence electrons. The normalized spacial score (nSPS) is 11.1. The van der Waals surface area contributed by atoms with Crippen molar-refractivity contribution in [2.45, 2.75) is 39.3 Å². The van der Waals surface area contributed by atoms with Crippen LogP contribution in [0.1, 0.15) is 32.3 Å². The Bertz CT molecular complexity index is 402. The number of carbonyl (C=O) groups is 1. The number of para-hydroxylation sites is 1. The summed E-state index contributed by atoms with van der Waals surface area (Å²) in [4.78, 5) is 14.1. The number of carbonyl (C=O) groups excluding carboxylic acids is 1. The molecule has 0 saturated carbocycles. The quantitative estimate of drug-likeness (QED) is 0.793. The van der Waals surface area contributed by atoms with Crippen molar-refractivity contribution in [3.8, 4) is 0 Å². The van der Waals surface area contributed by atoms with E-state index in [4.69, 9.17) is 5.73 Å². The van der Waals surface area contributed by atoms with Gasteiger partial charge in [-0.3, -0.25) is 9.69 Å². The first-order valence-corrected chi connectivity index (χ1v) is 6.90. The molecule has 0 atom stereocenters. The van der Waals surface area contributed by atoms with Gasteiger partial charge in [0, 0.05) is 18.3 Å². The number of nitrogens with one attached hydrogen (secondary N) is 1. The number of amides is 1. The lowest BCUT2D eigenvalue weighted by Crippen LogP contribution is -2.37. The van der Waals surface area contributed by atoms with Gasteiger partial charge in [0.15, 0.2) is 0 Å². The van der Waals surface area contributed by atoms with Gasteiger partial charge in [-0.05, 0) is 31.5 Å². The number of likely N-dealkylation sites (N-methyl/N-ethyl adjacent to an activating group) is 1. The van der Waals surface area contributed by atoms with Gasteiger partial charge in [0.25, 0.3) is 0 Å². The van der Waals surface area contributed by atoms with Crippen LogP contribution in [0.15, 0.2) is 24.3 Å². The van der Waals surface area contributed by atoms with Crippen molar-refractivity contribution in [2.75, 3.05) is 18.9 Å². The molecule has 1 amide bonds. The van der Waals surface area contributed by atoms with Crippen LogP contribution in [0.25, 0.3) is 0 Å². The highest BCUT2D eigenvalue weighted by Gasteiger charge is 2.14. The van der Waals surface area contributed by atoms with Crippen molar-refractivity contribution in [3.05, 3.63) is 29.8 Å². The van der Waals surface area contributed by atoms with E-state index in [-0.39, 0.29) is 5.91 Å². The number of anilines is 1. The molecule has 0 heterocycles. The zero-order valence-corrected chi connectivity index (χ0v) is 12.1. The van der Waals surface area contributed by atoms with Crippen molar-refractivity contribution in [1.82, 2.24) is 4.90 Å². The molecular formula is C15H25N3O. The Balaban J connectivity index is 2.60. The molecule has 0 radical (unpaired) electrons. The molecule has 1 aromatic rings. The summed E-state index contributed by atoms with van der Waals surface area (Å²) in [6.45, 7) is 5.13. The second-order valence-corrected chi connectivity index (χ2v) is 4.79. The first-order valence-electron chi connectivity index (χ1n) is 6.90. The molecule has 0 fully saturated rings. The van der Waals surface area contributed by atoms with Gasteiger partial charge in [-0.15, -0.1) is 0 Å². The van der Waals surface area contributed by atoms with Gasteiger partial charge in [-0.2, -0.15) is 0 Å². The number of hydrogen-bond donors (Lipinski definition) is 2. The predicted octanol–water partition coefficient (Wildman–Crippen LogP) is 2.20. The number of rotatable bonds is 7. The van der Waals surface area contributed by atoms with E-state index in [1.165, 1.54) is 0 Å². The van der Waals surface area contributed by atoms with Gasteiger partial charge in [-0.1, -0.05) is 32.0 Å². The minimum atomic E-state index is 0.00954. The number of benzene rings is 1. The van der Waals surface area contributed by atoms with Gasteiger partial charge in [0.05, 0.1) is 6.54 Å². The summed E-state index contributed by atoms with van der Waals surface area (Å²) in [6.07, 6.45) is 2.11. The van der Waals surface area contributed by atoms with Crippen molar-refractivity contribution < 1.29 is 4.79 Å². The highest BCUT2D eigenvalue weighted by atomic mass is 16.2. The Labute approximate surface area is 116 Å². The summed E-state index contributed by atoms with van der Waals surface area (Å²) in [5, 5.41) is 2.93. The summed E-state index contributed by atoms with van der Waals surface area (Å²) >= 11 is 0. The molecule has 0 aliphatic heterocycles. The molecule has 19 heavy (non-hydrogen) atoms. The van der Waals surface area contributed by atoms with E-state index in [1.54, 1.807) is 0 Å². The highest BCUT2D eigenvalue weighted by Crippen LogP contribution is 2.14. The molecule has 0 aromatic heterocycles. The summed E-state index contributed by atoms with van der Waals surface area (Å²) in [5.41, 5.74) is 7.43. The third kappa shape index (κ3) is 4.65. The van der Waals surface area contributed by atoms with E-state index in [2.05, 4.69) is 24.1 Å². The van der Waals surface area contributed by atoms with Crippen molar-refractivity contribution >= 4 is 11.6 Å². The Morgan fingerprint density at radius 3 is 2.53 bits per heavy atom. The molecule has 4 heteroatoms. The topological polar surface area (TPSA) is 58.4 Å². The molecular weight excluding hydrogens is 238 g/mol. The average molecular weight is 263 g/mol. The first-order chi connectivity index (χ1) is 9.12. The van der Waals surface area contributed by atoms with E-state index >= 15 is 0 Å². The van der Waals surface area contributed by atoms with Gasteiger partial charge in [0.2, 0.25) is 5.91 Å². The van der Waals surface area contributed by atoms with Crippen LogP contribution >= 0.6 is 0 Å². The summed E-state index contributed by atoms with van der Waals surface area (Å²) in [6, 6.07) is 8.10. The van der Waals surface area contributed by atoms with Crippen molar-refractivity contribution in [3.63, 3.8) is 0 Å². The van der Waals surface area contributed by atoms with Gasteiger partial charge < -0.3 is 11.1 Å². The minimum absolute atomic E-state index is 0.00954. The molecule has 0 saturated heterocycles. The zero-order chi connectivity index (χ0) is 14.3. The van der Waals surface area contributed by atoms with Crippen LogP contribution in [0.2, 0.25) is 0 Å². The Hall–Kier alpha value is -1.39. The van der Waals surface area contributed by atoms with E-state index in [0.717, 1.165) is 24.1 Å². The summed E-state index contributed by atoms with van der Waals surface area (Å²) in [5.74, 6) is 0.00954. The Morgan fingerprint density at radius 1 is 1.32 bits per heavy atom. The monoisotopic (exact) mass is 263 g/mol. The fourth-order valence-corrected chi connectivity index (χ4v) is 2.28. The standard InChI is InChI=1S/C15H25N3O/c1-4-13(5-2)18(3)11-15(19)17-14-9-7-6-8-12(14)10-16/h6-9,13H,4-5,10-11,16H2,1-3H3,(H,17,19). The van der Waals surface area contributed by atoms with Crippen LogP contribution < -0.4 is 11.1 Å². The molecule has 0 aliphatic rings. The molecule has 0 bridgehead atoms. The number of nitrogens with two attached hydrogens (primary N) is 1. The van der Waals surface area contributed by atoms with Crippen LogP contribution in [0.4, 0.5) is 5.69 Å². The van der Waals surface area contributed by atoms with Crippen LogP contribution in [0, 0.1) is 0 Å². The van der Waals surface area contributed by atoms with Crippen LogP contribution in [0.3, 0.4) is 0 Å². The molecule has 0 aliphatic carbocycles. The SMILES string of the molecule is CCC(CC)N(C)CC(=O)Nc1ccccc1CN. The second-order valence-electron chi connectivity index (χ2n) is 4.79. The molecule has 0 spiro atoms. The predicted molar refractivity (Wildman–Crippen MR) is 80.0 cm³/mol. The first kappa shape index (κ1) is 15.7. The van der Waals surface area contributed by atoms with E-state index in [9.17, 15) is 4.79 Å². The maximum Gasteiger partial charge on any atom is 0.238 e. The maximum atomic E-state index is 12.0. The summed E-state index contributed by atoms with van der Waals surface area (Å²) < 4.78 is 0.